The van der Waals surface area contributed by atoms with E-state index >= 15 is 0 Å². The number of benzene rings is 1. The number of rotatable bonds is 5. The van der Waals surface area contributed by atoms with Crippen molar-refractivity contribution in [2.75, 3.05) is 13.2 Å². The van der Waals surface area contributed by atoms with Crippen LogP contribution in [0.15, 0.2) is 30.6 Å². The highest BCUT2D eigenvalue weighted by atomic mass is 19.1. The van der Waals surface area contributed by atoms with Crippen LogP contribution in [0.5, 0.6) is 0 Å². The van der Waals surface area contributed by atoms with Crippen molar-refractivity contribution in [3.63, 3.8) is 0 Å². The summed E-state index contributed by atoms with van der Waals surface area (Å²) in [5, 5.41) is 0. The zero-order valence-electron chi connectivity index (χ0n) is 15.1. The van der Waals surface area contributed by atoms with Crippen LogP contribution in [-0.2, 0) is 16.0 Å². The lowest BCUT2D eigenvalue weighted by Gasteiger charge is -2.32. The number of halogens is 2. The second kappa shape index (κ2) is 7.61. The van der Waals surface area contributed by atoms with E-state index in [1.807, 2.05) is 0 Å². The predicted octanol–water partition coefficient (Wildman–Crippen LogP) is 3.15. The molecule has 0 aliphatic carbocycles. The third kappa shape index (κ3) is 4.00. The molecule has 146 valence electrons. The lowest BCUT2D eigenvalue weighted by molar-refractivity contribution is -0.119. The molecule has 1 aromatic carbocycles. The zero-order chi connectivity index (χ0) is 19.7. The van der Waals surface area contributed by atoms with E-state index in [4.69, 9.17) is 4.74 Å². The van der Waals surface area contributed by atoms with Gasteiger partial charge in [-0.25, -0.2) is 13.6 Å². The first-order valence-corrected chi connectivity index (χ1v) is 9.20. The lowest BCUT2D eigenvalue weighted by Crippen LogP contribution is -2.41. The van der Waals surface area contributed by atoms with Gasteiger partial charge in [0, 0.05) is 30.8 Å². The molecule has 2 aliphatic rings. The van der Waals surface area contributed by atoms with Gasteiger partial charge in [0.25, 0.3) is 0 Å². The van der Waals surface area contributed by atoms with Crippen LogP contribution in [0.4, 0.5) is 13.6 Å². The number of hydrogen-bond donors (Lipinski definition) is 0. The Bertz CT molecular complexity index is 884. The van der Waals surface area contributed by atoms with Crippen LogP contribution >= 0.6 is 0 Å². The molecule has 4 rings (SSSR count). The molecular formula is C20H19F2N3O3. The predicted molar refractivity (Wildman–Crippen MR) is 95.3 cm³/mol. The quantitative estimate of drug-likeness (QED) is 0.788. The van der Waals surface area contributed by atoms with Crippen LogP contribution in [0, 0.1) is 17.6 Å². The van der Waals surface area contributed by atoms with E-state index < -0.39 is 11.6 Å². The van der Waals surface area contributed by atoms with Crippen molar-refractivity contribution in [3.8, 4) is 11.3 Å². The van der Waals surface area contributed by atoms with Crippen molar-refractivity contribution >= 4 is 11.9 Å². The van der Waals surface area contributed by atoms with Gasteiger partial charge >= 0.3 is 6.09 Å². The molecule has 0 spiro atoms. The SMILES string of the molecule is O=C(Cc1cnc(-c2cc(F)cc(F)c2)cn1)CC1CCN2C(=O)OCC2C1. The Morgan fingerprint density at radius 1 is 1.18 bits per heavy atom. The minimum atomic E-state index is -0.684. The first-order valence-electron chi connectivity index (χ1n) is 9.20. The average Bonchev–Trinajstić information content (AvgIpc) is 3.02. The fourth-order valence-electron chi connectivity index (χ4n) is 3.86. The number of piperidine rings is 1. The number of ether oxygens (including phenoxy) is 1. The summed E-state index contributed by atoms with van der Waals surface area (Å²) in [6, 6.07) is 3.23. The van der Waals surface area contributed by atoms with Gasteiger partial charge < -0.3 is 9.64 Å². The zero-order valence-corrected chi connectivity index (χ0v) is 15.1. The van der Waals surface area contributed by atoms with Gasteiger partial charge in [0.1, 0.15) is 24.0 Å². The van der Waals surface area contributed by atoms with E-state index in [0.717, 1.165) is 18.9 Å². The first-order chi connectivity index (χ1) is 13.5. The maximum atomic E-state index is 13.3. The maximum Gasteiger partial charge on any atom is 0.410 e. The molecule has 3 heterocycles. The summed E-state index contributed by atoms with van der Waals surface area (Å²) in [5.41, 5.74) is 1.15. The molecule has 28 heavy (non-hydrogen) atoms. The Labute approximate surface area is 160 Å². The molecule has 1 aromatic heterocycles. The standard InChI is InChI=1S/C20H19F2N3O3/c21-14-5-13(6-15(22)7-14)19-10-23-16(9-24-19)8-18(26)4-12-1-2-25-17(3-12)11-28-20(25)27/h5-7,9-10,12,17H,1-4,8,11H2. The molecule has 2 fully saturated rings. The summed E-state index contributed by atoms with van der Waals surface area (Å²) >= 11 is 0. The number of Topliss-reactive ketones (excluding diaryl/α,β-unsaturated/α-hetero) is 1. The van der Waals surface area contributed by atoms with E-state index in [1.165, 1.54) is 24.5 Å². The van der Waals surface area contributed by atoms with Gasteiger partial charge in [0.15, 0.2) is 0 Å². The van der Waals surface area contributed by atoms with Gasteiger partial charge in [-0.2, -0.15) is 0 Å². The fraction of sp³-hybridized carbons (Fsp3) is 0.400. The Morgan fingerprint density at radius 3 is 2.68 bits per heavy atom. The fourth-order valence-corrected chi connectivity index (χ4v) is 3.86. The van der Waals surface area contributed by atoms with Gasteiger partial charge in [0.05, 0.1) is 30.0 Å². The number of ketones is 1. The molecule has 2 aromatic rings. The van der Waals surface area contributed by atoms with Gasteiger partial charge in [0.2, 0.25) is 0 Å². The van der Waals surface area contributed by atoms with Gasteiger partial charge in [-0.05, 0) is 30.9 Å². The number of fused-ring (bicyclic) bond motifs is 1. The highest BCUT2D eigenvalue weighted by molar-refractivity contribution is 5.80. The van der Waals surface area contributed by atoms with E-state index in [-0.39, 0.29) is 30.3 Å². The van der Waals surface area contributed by atoms with E-state index in [2.05, 4.69) is 9.97 Å². The minimum Gasteiger partial charge on any atom is -0.447 e. The van der Waals surface area contributed by atoms with Crippen LogP contribution in [0.2, 0.25) is 0 Å². The second-order valence-corrected chi connectivity index (χ2v) is 7.29. The Morgan fingerprint density at radius 2 is 1.96 bits per heavy atom. The molecular weight excluding hydrogens is 368 g/mol. The first kappa shape index (κ1) is 18.5. The summed E-state index contributed by atoms with van der Waals surface area (Å²) < 4.78 is 31.7. The topological polar surface area (TPSA) is 72.4 Å². The molecule has 6 nitrogen and oxygen atoms in total. The number of cyclic esters (lactones) is 1. The van der Waals surface area contributed by atoms with Crippen molar-refractivity contribution in [2.45, 2.75) is 31.7 Å². The molecule has 2 atom stereocenters. The number of aromatic nitrogens is 2. The molecule has 2 aliphatic heterocycles. The third-order valence-corrected chi connectivity index (χ3v) is 5.22. The van der Waals surface area contributed by atoms with Crippen molar-refractivity contribution in [1.29, 1.82) is 0 Å². The van der Waals surface area contributed by atoms with Crippen molar-refractivity contribution < 1.29 is 23.1 Å². The summed E-state index contributed by atoms with van der Waals surface area (Å²) in [6.07, 6.45) is 4.75. The highest BCUT2D eigenvalue weighted by Gasteiger charge is 2.38. The number of carbonyl (C=O) groups is 2. The van der Waals surface area contributed by atoms with Crippen molar-refractivity contribution in [2.24, 2.45) is 5.92 Å². The van der Waals surface area contributed by atoms with Gasteiger partial charge in [-0.15, -0.1) is 0 Å². The van der Waals surface area contributed by atoms with E-state index in [1.54, 1.807) is 4.90 Å². The summed E-state index contributed by atoms with van der Waals surface area (Å²) in [7, 11) is 0. The van der Waals surface area contributed by atoms with Gasteiger partial charge in [-0.1, -0.05) is 0 Å². The largest absolute Gasteiger partial charge is 0.447 e. The molecule has 1 amide bonds. The lowest BCUT2D eigenvalue weighted by atomic mass is 9.87. The Balaban J connectivity index is 1.34. The smallest absolute Gasteiger partial charge is 0.410 e. The summed E-state index contributed by atoms with van der Waals surface area (Å²) in [5.74, 6) is -1.08. The summed E-state index contributed by atoms with van der Waals surface area (Å²) in [6.45, 7) is 1.03. The monoisotopic (exact) mass is 387 g/mol. The molecule has 0 N–H and O–H groups in total. The summed E-state index contributed by atoms with van der Waals surface area (Å²) in [4.78, 5) is 34.0. The minimum absolute atomic E-state index is 0.0579. The molecule has 2 saturated heterocycles. The van der Waals surface area contributed by atoms with Crippen LogP contribution in [-0.4, -0.2) is 45.9 Å². The Kier molecular flexibility index (Phi) is 5.02. The highest BCUT2D eigenvalue weighted by Crippen LogP contribution is 2.30. The molecule has 0 bridgehead atoms. The number of hydrogen-bond acceptors (Lipinski definition) is 5. The van der Waals surface area contributed by atoms with Crippen molar-refractivity contribution in [3.05, 3.63) is 47.9 Å². The number of carbonyl (C=O) groups excluding carboxylic acids is 2. The average molecular weight is 387 g/mol. The van der Waals surface area contributed by atoms with E-state index in [9.17, 15) is 18.4 Å². The molecule has 0 saturated carbocycles. The van der Waals surface area contributed by atoms with Crippen LogP contribution in [0.1, 0.15) is 25.0 Å². The van der Waals surface area contributed by atoms with Crippen LogP contribution < -0.4 is 0 Å². The normalized spacial score (nSPS) is 21.4. The molecule has 2 unspecified atom stereocenters. The van der Waals surface area contributed by atoms with Crippen molar-refractivity contribution in [1.82, 2.24) is 14.9 Å². The Hall–Kier alpha value is -2.90. The molecule has 0 radical (unpaired) electrons. The second-order valence-electron chi connectivity index (χ2n) is 7.29. The number of amides is 1. The molecule has 8 heteroatoms. The third-order valence-electron chi connectivity index (χ3n) is 5.22. The van der Waals surface area contributed by atoms with E-state index in [0.29, 0.717) is 36.5 Å². The van der Waals surface area contributed by atoms with Crippen LogP contribution in [0.25, 0.3) is 11.3 Å². The maximum absolute atomic E-state index is 13.3. The van der Waals surface area contributed by atoms with Gasteiger partial charge in [-0.3, -0.25) is 14.8 Å². The van der Waals surface area contributed by atoms with Crippen LogP contribution in [0.3, 0.4) is 0 Å². The number of nitrogens with zero attached hydrogens (tertiary/aromatic N) is 3.